The van der Waals surface area contributed by atoms with Crippen molar-refractivity contribution in [1.29, 1.82) is 0 Å². The van der Waals surface area contributed by atoms with E-state index in [1.807, 2.05) is 0 Å². The van der Waals surface area contributed by atoms with Gasteiger partial charge in [-0.15, -0.1) is 4.99 Å². The lowest BCUT2D eigenvalue weighted by Crippen LogP contribution is -2.30. The van der Waals surface area contributed by atoms with E-state index in [1.54, 1.807) is 0 Å². The van der Waals surface area contributed by atoms with E-state index in [9.17, 15) is 4.79 Å². The van der Waals surface area contributed by atoms with Crippen molar-refractivity contribution in [2.24, 2.45) is 4.99 Å². The van der Waals surface area contributed by atoms with Crippen LogP contribution >= 0.6 is 0 Å². The van der Waals surface area contributed by atoms with Crippen LogP contribution in [-0.4, -0.2) is 28.2 Å². The van der Waals surface area contributed by atoms with Crippen molar-refractivity contribution in [3.05, 3.63) is 18.3 Å². The van der Waals surface area contributed by atoms with Gasteiger partial charge in [-0.1, -0.05) is 6.07 Å². The van der Waals surface area contributed by atoms with E-state index in [-0.39, 0.29) is 11.3 Å². The maximum absolute atomic E-state index is 9.85. The molecular formula is C6H5BN2O3. The Hall–Kier alpha value is -1.49. The lowest BCUT2D eigenvalue weighted by molar-refractivity contribution is 0.426. The fourth-order valence-corrected chi connectivity index (χ4v) is 0.748. The quantitative estimate of drug-likeness (QED) is 0.324. The van der Waals surface area contributed by atoms with Crippen LogP contribution in [0, 0.1) is 0 Å². The minimum atomic E-state index is -1.68. The third kappa shape index (κ3) is 1.76. The molecule has 5 nitrogen and oxygen atoms in total. The fourth-order valence-electron chi connectivity index (χ4n) is 0.748. The second-order valence-corrected chi connectivity index (χ2v) is 1.99. The summed E-state index contributed by atoms with van der Waals surface area (Å²) < 4.78 is 0. The number of hydrogen-bond acceptors (Lipinski definition) is 5. The van der Waals surface area contributed by atoms with Crippen molar-refractivity contribution >= 4 is 24.5 Å². The summed E-state index contributed by atoms with van der Waals surface area (Å²) in [5.74, 6) is -0.0255. The van der Waals surface area contributed by atoms with Crippen LogP contribution in [-0.2, 0) is 4.79 Å². The normalized spacial score (nSPS) is 8.83. The Bertz CT molecular complexity index is 322. The number of carbonyl (C=O) groups excluding carboxylic acids is 1. The van der Waals surface area contributed by atoms with Gasteiger partial charge in [0.05, 0.1) is 0 Å². The first kappa shape index (κ1) is 8.61. The highest BCUT2D eigenvalue weighted by molar-refractivity contribution is 6.60. The van der Waals surface area contributed by atoms with Gasteiger partial charge in [0.25, 0.3) is 0 Å². The van der Waals surface area contributed by atoms with Crippen molar-refractivity contribution in [3.8, 4) is 0 Å². The molecular weight excluding hydrogens is 159 g/mol. The molecule has 60 valence electrons. The zero-order chi connectivity index (χ0) is 8.97. The van der Waals surface area contributed by atoms with Gasteiger partial charge in [0.15, 0.2) is 5.82 Å². The number of pyridine rings is 1. The molecule has 12 heavy (non-hydrogen) atoms. The number of nitrogens with zero attached hydrogens (tertiary/aromatic N) is 2. The van der Waals surface area contributed by atoms with E-state index in [0.29, 0.717) is 0 Å². The van der Waals surface area contributed by atoms with Crippen LogP contribution in [0.25, 0.3) is 0 Å². The van der Waals surface area contributed by atoms with Gasteiger partial charge in [0.2, 0.25) is 6.08 Å². The summed E-state index contributed by atoms with van der Waals surface area (Å²) in [5, 5.41) is 17.5. The number of rotatable bonds is 2. The third-order valence-electron chi connectivity index (χ3n) is 1.25. The first-order chi connectivity index (χ1) is 5.75. The van der Waals surface area contributed by atoms with Gasteiger partial charge in [-0.3, -0.25) is 0 Å². The standard InChI is InChI=1S/C6H5BN2O3/c10-4-9-6-5(7(11)12)2-1-3-8-6/h1-3,11-12H. The fraction of sp³-hybridized carbons (Fsp3) is 0. The monoisotopic (exact) mass is 164 g/mol. The summed E-state index contributed by atoms with van der Waals surface area (Å²) in [6, 6.07) is 2.92. The molecule has 0 aromatic carbocycles. The van der Waals surface area contributed by atoms with Gasteiger partial charge in [0, 0.05) is 11.7 Å². The molecule has 0 aliphatic heterocycles. The third-order valence-corrected chi connectivity index (χ3v) is 1.25. The number of isocyanates is 1. The molecule has 0 atom stereocenters. The molecule has 1 aromatic rings. The Labute approximate surface area is 68.6 Å². The number of hydrogen-bond donors (Lipinski definition) is 2. The van der Waals surface area contributed by atoms with Gasteiger partial charge in [0.1, 0.15) is 0 Å². The molecule has 0 aliphatic carbocycles. The molecule has 0 aliphatic rings. The maximum atomic E-state index is 9.85. The summed E-state index contributed by atoms with van der Waals surface area (Å²) in [4.78, 5) is 16.7. The molecule has 0 saturated carbocycles. The van der Waals surface area contributed by atoms with Crippen LogP contribution < -0.4 is 5.46 Å². The zero-order valence-corrected chi connectivity index (χ0v) is 6.01. The predicted molar refractivity (Wildman–Crippen MR) is 41.8 cm³/mol. The van der Waals surface area contributed by atoms with E-state index < -0.39 is 7.12 Å². The Morgan fingerprint density at radius 1 is 1.58 bits per heavy atom. The van der Waals surface area contributed by atoms with E-state index in [1.165, 1.54) is 24.4 Å². The average molecular weight is 164 g/mol. The number of aromatic nitrogens is 1. The molecule has 0 radical (unpaired) electrons. The smallest absolute Gasteiger partial charge is 0.423 e. The van der Waals surface area contributed by atoms with E-state index in [2.05, 4.69) is 9.98 Å². The first-order valence-electron chi connectivity index (χ1n) is 3.14. The molecule has 0 amide bonds. The van der Waals surface area contributed by atoms with Crippen LogP contribution in [0.4, 0.5) is 5.82 Å². The minimum absolute atomic E-state index is 0.0255. The average Bonchev–Trinajstić information content (AvgIpc) is 2.05. The molecule has 0 saturated heterocycles. The molecule has 2 N–H and O–H groups in total. The van der Waals surface area contributed by atoms with Gasteiger partial charge in [-0.05, 0) is 6.07 Å². The van der Waals surface area contributed by atoms with Crippen LogP contribution in [0.3, 0.4) is 0 Å². The van der Waals surface area contributed by atoms with Gasteiger partial charge < -0.3 is 10.0 Å². The summed E-state index contributed by atoms with van der Waals surface area (Å²) in [6.07, 6.45) is 2.66. The SMILES string of the molecule is O=C=Nc1ncccc1B(O)O. The Morgan fingerprint density at radius 2 is 2.33 bits per heavy atom. The second kappa shape index (κ2) is 3.78. The highest BCUT2D eigenvalue weighted by Gasteiger charge is 2.15. The van der Waals surface area contributed by atoms with Gasteiger partial charge >= 0.3 is 7.12 Å². The molecule has 0 unspecified atom stereocenters. The maximum Gasteiger partial charge on any atom is 0.492 e. The first-order valence-corrected chi connectivity index (χ1v) is 3.14. The molecule has 0 bridgehead atoms. The Morgan fingerprint density at radius 3 is 2.92 bits per heavy atom. The minimum Gasteiger partial charge on any atom is -0.423 e. The van der Waals surface area contributed by atoms with Crippen LogP contribution in [0.15, 0.2) is 23.3 Å². The highest BCUT2D eigenvalue weighted by atomic mass is 16.4. The molecule has 0 fully saturated rings. The Balaban J connectivity index is 3.17. The van der Waals surface area contributed by atoms with Crippen LogP contribution in [0.1, 0.15) is 0 Å². The molecule has 1 aromatic heterocycles. The van der Waals surface area contributed by atoms with Crippen LogP contribution in [0.5, 0.6) is 0 Å². The van der Waals surface area contributed by atoms with Crippen LogP contribution in [0.2, 0.25) is 0 Å². The van der Waals surface area contributed by atoms with E-state index >= 15 is 0 Å². The van der Waals surface area contributed by atoms with Crippen molar-refractivity contribution < 1.29 is 14.8 Å². The number of aliphatic imine (C=N–C) groups is 1. The van der Waals surface area contributed by atoms with Crippen molar-refractivity contribution in [2.45, 2.75) is 0 Å². The molecule has 6 heteroatoms. The largest absolute Gasteiger partial charge is 0.492 e. The lowest BCUT2D eigenvalue weighted by Gasteiger charge is -1.99. The second-order valence-electron chi connectivity index (χ2n) is 1.99. The summed E-state index contributed by atoms with van der Waals surface area (Å²) in [7, 11) is -1.68. The lowest BCUT2D eigenvalue weighted by atomic mass is 9.81. The van der Waals surface area contributed by atoms with Crippen molar-refractivity contribution in [1.82, 2.24) is 4.98 Å². The van der Waals surface area contributed by atoms with Crippen molar-refractivity contribution in [2.75, 3.05) is 0 Å². The predicted octanol–water partition coefficient (Wildman–Crippen LogP) is -1.27. The molecule has 1 heterocycles. The van der Waals surface area contributed by atoms with Gasteiger partial charge in [-0.25, -0.2) is 9.78 Å². The molecule has 0 spiro atoms. The molecule has 1 rings (SSSR count). The van der Waals surface area contributed by atoms with Gasteiger partial charge in [-0.2, -0.15) is 0 Å². The van der Waals surface area contributed by atoms with E-state index in [4.69, 9.17) is 10.0 Å². The summed E-state index contributed by atoms with van der Waals surface area (Å²) in [6.45, 7) is 0. The van der Waals surface area contributed by atoms with E-state index in [0.717, 1.165) is 0 Å². The zero-order valence-electron chi connectivity index (χ0n) is 6.01. The topological polar surface area (TPSA) is 82.8 Å². The summed E-state index contributed by atoms with van der Waals surface area (Å²) >= 11 is 0. The Kier molecular flexibility index (Phi) is 2.71. The summed E-state index contributed by atoms with van der Waals surface area (Å²) in [5.41, 5.74) is 0.0841. The highest BCUT2D eigenvalue weighted by Crippen LogP contribution is 2.01. The van der Waals surface area contributed by atoms with Crippen molar-refractivity contribution in [3.63, 3.8) is 0 Å².